The summed E-state index contributed by atoms with van der Waals surface area (Å²) in [6, 6.07) is 24.1. The van der Waals surface area contributed by atoms with Gasteiger partial charge in [0.05, 0.1) is 0 Å². The van der Waals surface area contributed by atoms with Crippen molar-refractivity contribution in [3.05, 3.63) is 84.4 Å². The highest BCUT2D eigenvalue weighted by molar-refractivity contribution is 5.99. The summed E-state index contributed by atoms with van der Waals surface area (Å²) in [6.07, 6.45) is 0. The largest absolute Gasteiger partial charge is 0.489 e. The lowest BCUT2D eigenvalue weighted by Gasteiger charge is -2.08. The molecule has 0 unspecified atom stereocenters. The number of oxazole rings is 1. The van der Waals surface area contributed by atoms with Gasteiger partial charge in [-0.1, -0.05) is 42.5 Å². The van der Waals surface area contributed by atoms with Crippen LogP contribution in [0.1, 0.15) is 5.56 Å². The maximum atomic E-state index is 12.1. The van der Waals surface area contributed by atoms with Crippen LogP contribution in [-0.2, 0) is 6.61 Å². The zero-order valence-electron chi connectivity index (χ0n) is 14.4. The van der Waals surface area contributed by atoms with E-state index in [1.807, 2.05) is 48.5 Å². The van der Waals surface area contributed by atoms with Gasteiger partial charge in [0, 0.05) is 5.69 Å². The summed E-state index contributed by atoms with van der Waals surface area (Å²) in [5.41, 5.74) is 3.04. The van der Waals surface area contributed by atoms with Crippen LogP contribution in [-0.4, -0.2) is 11.0 Å². The van der Waals surface area contributed by atoms with Gasteiger partial charge in [-0.05, 0) is 42.0 Å². The van der Waals surface area contributed by atoms with E-state index in [0.29, 0.717) is 23.4 Å². The molecule has 0 radical (unpaired) electrons. The van der Waals surface area contributed by atoms with E-state index in [4.69, 9.17) is 9.15 Å². The molecule has 4 aromatic rings. The molecule has 0 aliphatic heterocycles. The van der Waals surface area contributed by atoms with E-state index >= 15 is 0 Å². The van der Waals surface area contributed by atoms with E-state index in [0.717, 1.165) is 11.3 Å². The molecule has 27 heavy (non-hydrogen) atoms. The molecule has 0 saturated carbocycles. The number of hydrogen-bond donors (Lipinski definition) is 2. The van der Waals surface area contributed by atoms with Gasteiger partial charge in [-0.25, -0.2) is 4.79 Å². The van der Waals surface area contributed by atoms with Crippen molar-refractivity contribution >= 4 is 28.8 Å². The van der Waals surface area contributed by atoms with Crippen LogP contribution in [0.5, 0.6) is 5.75 Å². The minimum Gasteiger partial charge on any atom is -0.489 e. The molecule has 1 heterocycles. The third-order valence-corrected chi connectivity index (χ3v) is 3.87. The molecule has 6 heteroatoms. The van der Waals surface area contributed by atoms with Crippen molar-refractivity contribution in [3.63, 3.8) is 0 Å². The highest BCUT2D eigenvalue weighted by Crippen LogP contribution is 2.19. The first-order valence-corrected chi connectivity index (χ1v) is 8.47. The number of hydrogen-bond acceptors (Lipinski definition) is 4. The number of para-hydroxylation sites is 2. The third-order valence-electron chi connectivity index (χ3n) is 3.87. The van der Waals surface area contributed by atoms with E-state index in [2.05, 4.69) is 15.6 Å². The molecular formula is C21H17N3O3. The van der Waals surface area contributed by atoms with Gasteiger partial charge in [0.1, 0.15) is 17.9 Å². The van der Waals surface area contributed by atoms with Gasteiger partial charge in [0.15, 0.2) is 5.58 Å². The monoisotopic (exact) mass is 359 g/mol. The number of benzene rings is 3. The van der Waals surface area contributed by atoms with Crippen LogP contribution in [0, 0.1) is 0 Å². The number of nitrogens with one attached hydrogen (secondary N) is 2. The lowest BCUT2D eigenvalue weighted by molar-refractivity contribution is 0.261. The van der Waals surface area contributed by atoms with Crippen LogP contribution in [0.4, 0.5) is 16.5 Å². The number of amides is 2. The van der Waals surface area contributed by atoms with Crippen molar-refractivity contribution in [2.24, 2.45) is 0 Å². The van der Waals surface area contributed by atoms with Crippen LogP contribution in [0.2, 0.25) is 0 Å². The Hall–Kier alpha value is -3.80. The Bertz CT molecular complexity index is 1010. The van der Waals surface area contributed by atoms with Gasteiger partial charge in [-0.2, -0.15) is 4.98 Å². The molecule has 1 aromatic heterocycles. The van der Waals surface area contributed by atoms with E-state index in [1.54, 1.807) is 30.3 Å². The Morgan fingerprint density at radius 1 is 0.889 bits per heavy atom. The number of rotatable bonds is 5. The van der Waals surface area contributed by atoms with Gasteiger partial charge in [-0.3, -0.25) is 5.32 Å². The molecule has 0 fully saturated rings. The summed E-state index contributed by atoms with van der Waals surface area (Å²) in [5.74, 6) is 0.726. The maximum Gasteiger partial charge on any atom is 0.327 e. The fraction of sp³-hybridized carbons (Fsp3) is 0.0476. The van der Waals surface area contributed by atoms with Crippen LogP contribution in [0.3, 0.4) is 0 Å². The average molecular weight is 359 g/mol. The number of carbonyl (C=O) groups is 1. The molecular weight excluding hydrogens is 342 g/mol. The minimum absolute atomic E-state index is 0.150. The summed E-state index contributed by atoms with van der Waals surface area (Å²) in [7, 11) is 0. The predicted molar refractivity (Wildman–Crippen MR) is 104 cm³/mol. The summed E-state index contributed by atoms with van der Waals surface area (Å²) in [5, 5.41) is 5.31. The van der Waals surface area contributed by atoms with Crippen LogP contribution in [0.25, 0.3) is 11.1 Å². The Labute approximate surface area is 155 Å². The van der Waals surface area contributed by atoms with Gasteiger partial charge < -0.3 is 14.5 Å². The summed E-state index contributed by atoms with van der Waals surface area (Å²) in [4.78, 5) is 16.3. The molecule has 2 amide bonds. The lowest BCUT2D eigenvalue weighted by atomic mass is 10.2. The molecule has 2 N–H and O–H groups in total. The van der Waals surface area contributed by atoms with Crippen molar-refractivity contribution < 1.29 is 13.9 Å². The Morgan fingerprint density at radius 2 is 1.63 bits per heavy atom. The van der Waals surface area contributed by atoms with Crippen molar-refractivity contribution in [2.45, 2.75) is 6.61 Å². The lowest BCUT2D eigenvalue weighted by Crippen LogP contribution is -2.19. The average Bonchev–Trinajstić information content (AvgIpc) is 3.10. The molecule has 3 aromatic carbocycles. The number of aromatic nitrogens is 1. The Morgan fingerprint density at radius 3 is 2.41 bits per heavy atom. The van der Waals surface area contributed by atoms with E-state index < -0.39 is 6.03 Å². The highest BCUT2D eigenvalue weighted by Gasteiger charge is 2.09. The minimum atomic E-state index is -0.431. The number of nitrogens with zero attached hydrogens (tertiary/aromatic N) is 1. The molecule has 0 aliphatic carbocycles. The van der Waals surface area contributed by atoms with Gasteiger partial charge in [0.25, 0.3) is 0 Å². The highest BCUT2D eigenvalue weighted by atomic mass is 16.5. The quantitative estimate of drug-likeness (QED) is 0.523. The van der Waals surface area contributed by atoms with E-state index in [1.165, 1.54) is 0 Å². The fourth-order valence-corrected chi connectivity index (χ4v) is 2.56. The van der Waals surface area contributed by atoms with E-state index in [9.17, 15) is 4.79 Å². The zero-order valence-corrected chi connectivity index (χ0v) is 14.4. The van der Waals surface area contributed by atoms with Crippen molar-refractivity contribution in [1.82, 2.24) is 4.98 Å². The molecule has 0 atom stereocenters. The topological polar surface area (TPSA) is 76.4 Å². The van der Waals surface area contributed by atoms with Crippen molar-refractivity contribution in [1.29, 1.82) is 0 Å². The number of fused-ring (bicyclic) bond motifs is 1. The van der Waals surface area contributed by atoms with Gasteiger partial charge >= 0.3 is 12.0 Å². The first-order valence-electron chi connectivity index (χ1n) is 8.47. The number of ether oxygens (including phenoxy) is 1. The second-order valence-electron chi connectivity index (χ2n) is 5.86. The van der Waals surface area contributed by atoms with Crippen LogP contribution in [0.15, 0.2) is 83.3 Å². The normalized spacial score (nSPS) is 10.5. The van der Waals surface area contributed by atoms with Crippen LogP contribution >= 0.6 is 0 Å². The zero-order chi connectivity index (χ0) is 18.5. The third kappa shape index (κ3) is 4.24. The summed E-state index contributed by atoms with van der Waals surface area (Å²) in [6.45, 7) is 0.492. The Kier molecular flexibility index (Phi) is 4.70. The van der Waals surface area contributed by atoms with Gasteiger partial charge in [-0.15, -0.1) is 0 Å². The van der Waals surface area contributed by atoms with Gasteiger partial charge in [0.2, 0.25) is 0 Å². The van der Waals surface area contributed by atoms with E-state index in [-0.39, 0.29) is 6.01 Å². The number of carbonyl (C=O) groups excluding carboxylic acids is 1. The molecule has 4 rings (SSSR count). The Balaban J connectivity index is 1.32. The molecule has 0 spiro atoms. The smallest absolute Gasteiger partial charge is 0.327 e. The maximum absolute atomic E-state index is 12.1. The fourth-order valence-electron chi connectivity index (χ4n) is 2.56. The number of anilines is 2. The first kappa shape index (κ1) is 16.7. The second-order valence-corrected chi connectivity index (χ2v) is 5.86. The van der Waals surface area contributed by atoms with Crippen molar-refractivity contribution in [2.75, 3.05) is 10.6 Å². The molecule has 0 bridgehead atoms. The SMILES string of the molecule is O=C(Nc1ccc(OCc2ccccc2)cc1)Nc1nc2ccccc2o1. The van der Waals surface area contributed by atoms with Crippen LogP contribution < -0.4 is 15.4 Å². The predicted octanol–water partition coefficient (Wildman–Crippen LogP) is 5.05. The molecule has 6 nitrogen and oxygen atoms in total. The second kappa shape index (κ2) is 7.61. The first-order chi connectivity index (χ1) is 13.3. The number of urea groups is 1. The molecule has 0 saturated heterocycles. The summed E-state index contributed by atoms with van der Waals surface area (Å²) >= 11 is 0. The van der Waals surface area contributed by atoms with Crippen molar-refractivity contribution in [3.8, 4) is 5.75 Å². The summed E-state index contributed by atoms with van der Waals surface area (Å²) < 4.78 is 11.2. The molecule has 0 aliphatic rings. The molecule has 134 valence electrons. The standard InChI is InChI=1S/C21H17N3O3/c25-20(24-21-23-18-8-4-5-9-19(18)27-21)22-16-10-12-17(13-11-16)26-14-15-6-2-1-3-7-15/h1-13H,14H2,(H2,22,23,24,25).